The van der Waals surface area contributed by atoms with Crippen molar-refractivity contribution in [2.75, 3.05) is 6.54 Å². The monoisotopic (exact) mass is 398 g/mol. The smallest absolute Gasteiger partial charge is 0.271 e. The van der Waals surface area contributed by atoms with Crippen LogP contribution in [0.15, 0.2) is 41.2 Å². The highest BCUT2D eigenvalue weighted by Gasteiger charge is 2.32. The third-order valence-corrected chi connectivity index (χ3v) is 3.95. The van der Waals surface area contributed by atoms with Crippen molar-refractivity contribution in [3.63, 3.8) is 0 Å². The Morgan fingerprint density at radius 1 is 1.14 bits per heavy atom. The van der Waals surface area contributed by atoms with E-state index < -0.39 is 35.3 Å². The molecule has 10 heteroatoms. The predicted octanol–water partition coefficient (Wildman–Crippen LogP) is 3.47. The van der Waals surface area contributed by atoms with E-state index in [0.717, 1.165) is 9.58 Å². The molecule has 1 heterocycles. The number of benzene rings is 1. The molecule has 0 N–H and O–H groups in total. The molecule has 1 aromatic carbocycles. The molecule has 0 amide bonds. The second-order valence-electron chi connectivity index (χ2n) is 7.44. The Morgan fingerprint density at radius 3 is 2.36 bits per heavy atom. The van der Waals surface area contributed by atoms with Gasteiger partial charge in [0.25, 0.3) is 11.2 Å². The van der Waals surface area contributed by atoms with Gasteiger partial charge in [0.15, 0.2) is 0 Å². The Morgan fingerprint density at radius 2 is 1.79 bits per heavy atom. The van der Waals surface area contributed by atoms with E-state index in [4.69, 9.17) is 0 Å². The fourth-order valence-electron chi connectivity index (χ4n) is 2.61. The third kappa shape index (κ3) is 5.88. The summed E-state index contributed by atoms with van der Waals surface area (Å²) in [6.45, 7) is 3.45. The molecule has 0 saturated carbocycles. The summed E-state index contributed by atoms with van der Waals surface area (Å²) in [4.78, 5) is 23.5. The molecule has 0 aliphatic rings. The van der Waals surface area contributed by atoms with Crippen LogP contribution in [0.1, 0.15) is 32.0 Å². The minimum Gasteiger partial charge on any atom is -0.271 e. The maximum absolute atomic E-state index is 13.1. The maximum Gasteiger partial charge on any atom is 0.401 e. The highest BCUT2D eigenvalue weighted by atomic mass is 19.4. The minimum absolute atomic E-state index is 0.122. The van der Waals surface area contributed by atoms with Gasteiger partial charge in [-0.15, -0.1) is 0 Å². The largest absolute Gasteiger partial charge is 0.401 e. The van der Waals surface area contributed by atoms with Gasteiger partial charge in [0, 0.05) is 29.7 Å². The second-order valence-corrected chi connectivity index (χ2v) is 7.44. The van der Waals surface area contributed by atoms with E-state index >= 15 is 0 Å². The predicted molar refractivity (Wildman–Crippen MR) is 96.8 cm³/mol. The van der Waals surface area contributed by atoms with Crippen molar-refractivity contribution in [1.82, 2.24) is 14.7 Å². The van der Waals surface area contributed by atoms with Crippen LogP contribution in [-0.4, -0.2) is 32.3 Å². The Labute approximate surface area is 159 Å². The van der Waals surface area contributed by atoms with Crippen molar-refractivity contribution in [3.05, 3.63) is 68.1 Å². The van der Waals surface area contributed by atoms with Gasteiger partial charge in [0.05, 0.1) is 23.8 Å². The molecule has 0 atom stereocenters. The van der Waals surface area contributed by atoms with E-state index in [2.05, 4.69) is 5.10 Å². The second kappa shape index (κ2) is 8.09. The van der Waals surface area contributed by atoms with Crippen molar-refractivity contribution in [2.24, 2.45) is 0 Å². The van der Waals surface area contributed by atoms with E-state index in [0.29, 0.717) is 5.69 Å². The fourth-order valence-corrected chi connectivity index (χ4v) is 2.61. The molecule has 0 aliphatic carbocycles. The van der Waals surface area contributed by atoms with E-state index in [1.165, 1.54) is 36.4 Å². The van der Waals surface area contributed by atoms with Crippen LogP contribution in [0.25, 0.3) is 0 Å². The van der Waals surface area contributed by atoms with E-state index in [1.807, 2.05) is 20.8 Å². The van der Waals surface area contributed by atoms with Gasteiger partial charge in [-0.1, -0.05) is 39.0 Å². The molecule has 0 bridgehead atoms. The van der Waals surface area contributed by atoms with E-state index in [9.17, 15) is 28.1 Å². The quantitative estimate of drug-likeness (QED) is 0.550. The number of nitrogens with zero attached hydrogens (tertiary/aromatic N) is 4. The lowest BCUT2D eigenvalue weighted by Gasteiger charge is -2.25. The topological polar surface area (TPSA) is 81.3 Å². The standard InChI is InChI=1S/C18H21F3N4O3/c1-17(2,3)15-8-9-16(26)24(22-15)12-23(11-18(19,20)21)10-13-6-4-5-7-14(13)25(27)28/h4-9H,10-12H2,1-3H3. The van der Waals surface area contributed by atoms with Crippen LogP contribution in [0.4, 0.5) is 18.9 Å². The number of nitro groups is 1. The summed E-state index contributed by atoms with van der Waals surface area (Å²) >= 11 is 0. The first-order valence-corrected chi connectivity index (χ1v) is 8.47. The van der Waals surface area contributed by atoms with Crippen LogP contribution in [0, 0.1) is 10.1 Å². The molecule has 0 spiro atoms. The number of aromatic nitrogens is 2. The molecule has 0 radical (unpaired) electrons. The molecule has 0 aliphatic heterocycles. The van der Waals surface area contributed by atoms with Gasteiger partial charge >= 0.3 is 6.18 Å². The highest BCUT2D eigenvalue weighted by Crippen LogP contribution is 2.23. The van der Waals surface area contributed by atoms with Crippen LogP contribution >= 0.6 is 0 Å². The molecule has 2 aromatic rings. The normalized spacial score (nSPS) is 12.4. The van der Waals surface area contributed by atoms with Crippen LogP contribution < -0.4 is 5.56 Å². The van der Waals surface area contributed by atoms with Crippen LogP contribution in [0.5, 0.6) is 0 Å². The van der Waals surface area contributed by atoms with Gasteiger partial charge < -0.3 is 0 Å². The molecular weight excluding hydrogens is 377 g/mol. The summed E-state index contributed by atoms with van der Waals surface area (Å²) in [5, 5.41) is 15.3. The summed E-state index contributed by atoms with van der Waals surface area (Å²) in [6, 6.07) is 8.36. The van der Waals surface area contributed by atoms with Gasteiger partial charge in [-0.3, -0.25) is 19.8 Å². The lowest BCUT2D eigenvalue weighted by molar-refractivity contribution is -0.385. The number of rotatable bonds is 6. The first-order valence-electron chi connectivity index (χ1n) is 8.47. The molecule has 28 heavy (non-hydrogen) atoms. The molecular formula is C18H21F3N4O3. The lowest BCUT2D eigenvalue weighted by Crippen LogP contribution is -2.39. The molecule has 1 aromatic heterocycles. The number of alkyl halides is 3. The Balaban J connectivity index is 2.38. The maximum atomic E-state index is 13.1. The minimum atomic E-state index is -4.55. The molecule has 0 fully saturated rings. The van der Waals surface area contributed by atoms with Crippen molar-refractivity contribution >= 4 is 5.69 Å². The van der Waals surface area contributed by atoms with Crippen LogP contribution in [-0.2, 0) is 18.6 Å². The summed E-state index contributed by atoms with van der Waals surface area (Å²) in [6.07, 6.45) is -4.55. The fraction of sp³-hybridized carbons (Fsp3) is 0.444. The third-order valence-electron chi connectivity index (χ3n) is 3.95. The van der Waals surface area contributed by atoms with Crippen molar-refractivity contribution in [2.45, 2.75) is 45.6 Å². The molecule has 0 saturated heterocycles. The lowest BCUT2D eigenvalue weighted by atomic mass is 9.92. The zero-order valence-electron chi connectivity index (χ0n) is 15.7. The molecule has 152 valence electrons. The number of para-hydroxylation sites is 1. The number of halogens is 3. The molecule has 0 unspecified atom stereocenters. The summed E-state index contributed by atoms with van der Waals surface area (Å²) in [5.41, 5.74) is -0.564. The molecule has 2 rings (SSSR count). The van der Waals surface area contributed by atoms with Crippen LogP contribution in [0.2, 0.25) is 0 Å². The van der Waals surface area contributed by atoms with Crippen molar-refractivity contribution < 1.29 is 18.1 Å². The number of hydrogen-bond acceptors (Lipinski definition) is 5. The van der Waals surface area contributed by atoms with Gasteiger partial charge in [0.2, 0.25) is 0 Å². The van der Waals surface area contributed by atoms with Gasteiger partial charge in [-0.2, -0.15) is 18.3 Å². The van der Waals surface area contributed by atoms with E-state index in [-0.39, 0.29) is 17.8 Å². The van der Waals surface area contributed by atoms with Crippen molar-refractivity contribution in [1.29, 1.82) is 0 Å². The van der Waals surface area contributed by atoms with Crippen LogP contribution in [0.3, 0.4) is 0 Å². The summed E-state index contributed by atoms with van der Waals surface area (Å²) in [7, 11) is 0. The molecule has 7 nitrogen and oxygen atoms in total. The SMILES string of the molecule is CC(C)(C)c1ccc(=O)n(CN(Cc2ccccc2[N+](=O)[O-])CC(F)(F)F)n1. The average Bonchev–Trinajstić information content (AvgIpc) is 2.54. The number of hydrogen-bond donors (Lipinski definition) is 0. The van der Waals surface area contributed by atoms with Gasteiger partial charge in [-0.25, -0.2) is 4.68 Å². The number of nitro benzene ring substituents is 1. The Bertz CT molecular complexity index is 904. The van der Waals surface area contributed by atoms with Gasteiger partial charge in [-0.05, 0) is 6.07 Å². The Hall–Kier alpha value is -2.75. The first-order chi connectivity index (χ1) is 12.9. The highest BCUT2D eigenvalue weighted by molar-refractivity contribution is 5.39. The zero-order valence-corrected chi connectivity index (χ0v) is 15.7. The van der Waals surface area contributed by atoms with Gasteiger partial charge in [0.1, 0.15) is 0 Å². The summed E-state index contributed by atoms with van der Waals surface area (Å²) in [5.74, 6) is 0. The van der Waals surface area contributed by atoms with Crippen molar-refractivity contribution in [3.8, 4) is 0 Å². The summed E-state index contributed by atoms with van der Waals surface area (Å²) < 4.78 is 40.1. The Kier molecular flexibility index (Phi) is 6.23. The zero-order chi connectivity index (χ0) is 21.1. The average molecular weight is 398 g/mol. The van der Waals surface area contributed by atoms with E-state index in [1.54, 1.807) is 0 Å². The first kappa shape index (κ1) is 21.5.